The molecule has 7 N–H and O–H groups in total. The molecule has 1 fully saturated rings. The molecule has 13 heteroatoms. The number of carboxylic acids is 1. The van der Waals surface area contributed by atoms with Crippen LogP contribution in [0.25, 0.3) is 0 Å². The maximum Gasteiger partial charge on any atom is 0.315 e. The van der Waals surface area contributed by atoms with Gasteiger partial charge in [-0.2, -0.15) is 0 Å². The molecule has 0 radical (unpaired) electrons. The standard InChI is InChI=1S/C43H81N3O10/c1-4-6-8-10-12-14-15-16-17-18-19-20-22-24-26-28-30-46(36(49)29-27-25-23-21-13-11-9-7-5-2)42-37(39(51)38(50)35(32-48)56-42)45-41(53)34(31-47)44-40(52)33(3)43(54)55/h33-35,37-39,42,47-48,50-51H,4-32H2,1-3H3,(H,44,52)(H,45,53)(H,54,55)/t33?,34-,35+,37+,38+,39+,42+/m0/s1. The molecule has 0 aromatic heterocycles. The fourth-order valence-electron chi connectivity index (χ4n) is 7.34. The van der Waals surface area contributed by atoms with Gasteiger partial charge in [0.15, 0.2) is 6.23 Å². The van der Waals surface area contributed by atoms with Crippen molar-refractivity contribution in [3.05, 3.63) is 0 Å². The maximum atomic E-state index is 13.9. The topological polar surface area (TPSA) is 206 Å². The van der Waals surface area contributed by atoms with E-state index in [0.717, 1.165) is 51.9 Å². The number of rotatable bonds is 35. The first kappa shape index (κ1) is 51.7. The van der Waals surface area contributed by atoms with Gasteiger partial charge < -0.3 is 45.8 Å². The summed E-state index contributed by atoms with van der Waals surface area (Å²) in [6.07, 6.45) is 23.4. The Morgan fingerprint density at radius 1 is 0.625 bits per heavy atom. The number of hydrogen-bond donors (Lipinski definition) is 7. The number of carboxylic acid groups (broad SMARTS) is 1. The van der Waals surface area contributed by atoms with Gasteiger partial charge in [0.05, 0.1) is 13.2 Å². The van der Waals surface area contributed by atoms with E-state index in [1.807, 2.05) is 0 Å². The van der Waals surface area contributed by atoms with E-state index in [1.54, 1.807) is 0 Å². The van der Waals surface area contributed by atoms with Gasteiger partial charge in [-0.25, -0.2) is 0 Å². The van der Waals surface area contributed by atoms with E-state index in [4.69, 9.17) is 4.74 Å². The molecule has 13 nitrogen and oxygen atoms in total. The number of aliphatic carboxylic acids is 1. The van der Waals surface area contributed by atoms with Crippen LogP contribution in [-0.2, 0) is 23.9 Å². The highest BCUT2D eigenvalue weighted by atomic mass is 16.5. The van der Waals surface area contributed by atoms with E-state index in [2.05, 4.69) is 24.5 Å². The lowest BCUT2D eigenvalue weighted by Gasteiger charge is -2.47. The van der Waals surface area contributed by atoms with Gasteiger partial charge in [-0.1, -0.05) is 162 Å². The van der Waals surface area contributed by atoms with Gasteiger partial charge in [-0.15, -0.1) is 0 Å². The Kier molecular flexibility index (Phi) is 30.1. The number of carbonyl (C=O) groups is 4. The minimum Gasteiger partial charge on any atom is -0.481 e. The van der Waals surface area contributed by atoms with Crippen LogP contribution in [0.3, 0.4) is 0 Å². The van der Waals surface area contributed by atoms with Crippen molar-refractivity contribution in [1.29, 1.82) is 0 Å². The molecule has 0 spiro atoms. The Bertz CT molecular complexity index is 1050. The summed E-state index contributed by atoms with van der Waals surface area (Å²) in [7, 11) is 0. The largest absolute Gasteiger partial charge is 0.481 e. The number of nitrogens with zero attached hydrogens (tertiary/aromatic N) is 1. The third kappa shape index (κ3) is 21.4. The Morgan fingerprint density at radius 3 is 1.46 bits per heavy atom. The lowest BCUT2D eigenvalue weighted by Crippen LogP contribution is -2.70. The monoisotopic (exact) mass is 800 g/mol. The van der Waals surface area contributed by atoms with Gasteiger partial charge in [0.1, 0.15) is 36.3 Å². The van der Waals surface area contributed by atoms with E-state index in [0.29, 0.717) is 12.8 Å². The molecule has 1 aliphatic rings. The molecule has 7 atom stereocenters. The normalized spacial score (nSPS) is 20.7. The summed E-state index contributed by atoms with van der Waals surface area (Å²) in [5.41, 5.74) is 0. The third-order valence-corrected chi connectivity index (χ3v) is 11.2. The number of aliphatic hydroxyl groups excluding tert-OH is 4. The van der Waals surface area contributed by atoms with Crippen LogP contribution in [-0.4, -0.2) is 111 Å². The average Bonchev–Trinajstić information content (AvgIpc) is 3.19. The second-order valence-electron chi connectivity index (χ2n) is 16.0. The fourth-order valence-corrected chi connectivity index (χ4v) is 7.34. The first-order valence-electron chi connectivity index (χ1n) is 22.4. The van der Waals surface area contributed by atoms with Crippen LogP contribution in [0.4, 0.5) is 0 Å². The molecular formula is C43H81N3O10. The highest BCUT2D eigenvalue weighted by Gasteiger charge is 2.48. The van der Waals surface area contributed by atoms with E-state index in [1.165, 1.54) is 108 Å². The van der Waals surface area contributed by atoms with Gasteiger partial charge in [-0.3, -0.25) is 19.2 Å². The maximum absolute atomic E-state index is 13.9. The van der Waals surface area contributed by atoms with Crippen molar-refractivity contribution in [2.45, 2.75) is 224 Å². The highest BCUT2D eigenvalue weighted by molar-refractivity contribution is 5.98. The second-order valence-corrected chi connectivity index (χ2v) is 16.0. The van der Waals surface area contributed by atoms with Crippen LogP contribution in [0, 0.1) is 5.92 Å². The molecule has 0 aromatic rings. The molecule has 328 valence electrons. The molecule has 56 heavy (non-hydrogen) atoms. The van der Waals surface area contributed by atoms with Gasteiger partial charge in [0.2, 0.25) is 17.7 Å². The van der Waals surface area contributed by atoms with Crippen molar-refractivity contribution < 1.29 is 49.4 Å². The molecule has 0 saturated carbocycles. The average molecular weight is 800 g/mol. The Hall–Kier alpha value is -2.32. The molecule has 0 bridgehead atoms. The van der Waals surface area contributed by atoms with Crippen molar-refractivity contribution in [3.63, 3.8) is 0 Å². The summed E-state index contributed by atoms with van der Waals surface area (Å²) in [6.45, 7) is 4.33. The van der Waals surface area contributed by atoms with E-state index in [9.17, 15) is 44.7 Å². The first-order valence-corrected chi connectivity index (χ1v) is 22.4. The van der Waals surface area contributed by atoms with Crippen molar-refractivity contribution in [1.82, 2.24) is 15.5 Å². The molecule has 3 amide bonds. The third-order valence-electron chi connectivity index (χ3n) is 11.2. The summed E-state index contributed by atoms with van der Waals surface area (Å²) in [5.74, 6) is -5.09. The predicted molar refractivity (Wildman–Crippen MR) is 219 cm³/mol. The SMILES string of the molecule is CCCCCCCCCCCCCCCCCCN(C(=O)CCCCCCCCCCC)[C@@H]1O[C@H](CO)[C@@H](O)[C@H](O)[C@H]1NC(=O)[C@H](CO)NC(=O)C(C)C(=O)O. The number of hydrogen-bond acceptors (Lipinski definition) is 9. The molecule has 1 saturated heterocycles. The predicted octanol–water partition coefficient (Wildman–Crippen LogP) is 6.12. The zero-order valence-corrected chi connectivity index (χ0v) is 35.3. The van der Waals surface area contributed by atoms with Crippen LogP contribution in [0.2, 0.25) is 0 Å². The van der Waals surface area contributed by atoms with Crippen LogP contribution in [0.5, 0.6) is 0 Å². The summed E-state index contributed by atoms with van der Waals surface area (Å²) >= 11 is 0. The van der Waals surface area contributed by atoms with Gasteiger partial charge in [-0.05, 0) is 19.8 Å². The molecular weight excluding hydrogens is 718 g/mol. The van der Waals surface area contributed by atoms with E-state index in [-0.39, 0.29) is 18.9 Å². The smallest absolute Gasteiger partial charge is 0.315 e. The van der Waals surface area contributed by atoms with Gasteiger partial charge in [0.25, 0.3) is 0 Å². The van der Waals surface area contributed by atoms with Crippen molar-refractivity contribution in [2.24, 2.45) is 5.92 Å². The van der Waals surface area contributed by atoms with Crippen molar-refractivity contribution in [2.75, 3.05) is 19.8 Å². The molecule has 1 unspecified atom stereocenters. The van der Waals surface area contributed by atoms with Crippen molar-refractivity contribution >= 4 is 23.7 Å². The minimum atomic E-state index is -1.67. The Balaban J connectivity index is 2.88. The van der Waals surface area contributed by atoms with Crippen LogP contribution < -0.4 is 10.6 Å². The van der Waals surface area contributed by atoms with Crippen molar-refractivity contribution in [3.8, 4) is 0 Å². The Morgan fingerprint density at radius 2 is 1.05 bits per heavy atom. The zero-order chi connectivity index (χ0) is 41.6. The number of carbonyl (C=O) groups excluding carboxylic acids is 3. The van der Waals surface area contributed by atoms with Gasteiger partial charge in [0, 0.05) is 13.0 Å². The summed E-state index contributed by atoms with van der Waals surface area (Å²) < 4.78 is 6.05. The highest BCUT2D eigenvalue weighted by Crippen LogP contribution is 2.26. The molecule has 0 aromatic carbocycles. The second kappa shape index (κ2) is 32.6. The number of unbranched alkanes of at least 4 members (excludes halogenated alkanes) is 23. The minimum absolute atomic E-state index is 0.222. The lowest BCUT2D eigenvalue weighted by atomic mass is 9.94. The lowest BCUT2D eigenvalue weighted by molar-refractivity contribution is -0.231. The van der Waals surface area contributed by atoms with Crippen LogP contribution in [0.15, 0.2) is 0 Å². The van der Waals surface area contributed by atoms with Crippen LogP contribution in [0.1, 0.15) is 188 Å². The Labute approximate surface area is 338 Å². The molecule has 0 aliphatic carbocycles. The number of amides is 3. The number of aliphatic hydroxyl groups is 4. The quantitative estimate of drug-likeness (QED) is 0.0289. The fraction of sp³-hybridized carbons (Fsp3) is 0.907. The number of nitrogens with one attached hydrogen (secondary N) is 2. The first-order chi connectivity index (χ1) is 27.0. The van der Waals surface area contributed by atoms with E-state index < -0.39 is 73.5 Å². The van der Waals surface area contributed by atoms with Crippen LogP contribution >= 0.6 is 0 Å². The molecule has 1 rings (SSSR count). The molecule has 1 heterocycles. The summed E-state index contributed by atoms with van der Waals surface area (Å²) in [6, 6.07) is -2.95. The summed E-state index contributed by atoms with van der Waals surface area (Å²) in [5, 5.41) is 55.9. The number of ether oxygens (including phenoxy) is 1. The summed E-state index contributed by atoms with van der Waals surface area (Å²) in [4.78, 5) is 52.4. The molecule has 1 aliphatic heterocycles. The van der Waals surface area contributed by atoms with E-state index >= 15 is 0 Å². The zero-order valence-electron chi connectivity index (χ0n) is 35.3. The van der Waals surface area contributed by atoms with Gasteiger partial charge >= 0.3 is 5.97 Å².